The number of thiocarbonyl (C=S) groups is 1. The summed E-state index contributed by atoms with van der Waals surface area (Å²) in [5, 5.41) is 8.26. The normalized spacial score (nSPS) is 11.8. The Balaban J connectivity index is 2.70. The minimum absolute atomic E-state index is 0.108. The number of rotatable bonds is 3. The van der Waals surface area contributed by atoms with Gasteiger partial charge in [0, 0.05) is 6.07 Å². The molecule has 0 saturated carbocycles. The van der Waals surface area contributed by atoms with Crippen molar-refractivity contribution >= 4 is 28.9 Å². The molecule has 1 amide bonds. The third kappa shape index (κ3) is 3.13. The van der Waals surface area contributed by atoms with Gasteiger partial charge in [-0.1, -0.05) is 12.2 Å². The molecular formula is C8H10N4O2S. The highest BCUT2D eigenvalue weighted by atomic mass is 32.1. The van der Waals surface area contributed by atoms with E-state index in [0.29, 0.717) is 0 Å². The number of carbonyl (C=O) groups is 1. The number of anilines is 1. The number of aromatic nitrogens is 2. The molecule has 6 nitrogen and oxygen atoms in total. The van der Waals surface area contributed by atoms with E-state index in [1.54, 1.807) is 6.92 Å². The number of hydrogen-bond acceptors (Lipinski definition) is 4. The molecule has 1 atom stereocenters. The van der Waals surface area contributed by atoms with Gasteiger partial charge in [-0.05, 0) is 13.0 Å². The molecule has 80 valence electrons. The summed E-state index contributed by atoms with van der Waals surface area (Å²) >= 11 is 4.67. The van der Waals surface area contributed by atoms with Crippen LogP contribution < -0.4 is 16.6 Å². The SMILES string of the molecule is CC(C(=O)Nc1ccc(=O)[nH]n1)C(N)=S. The molecule has 0 bridgehead atoms. The first-order valence-electron chi connectivity index (χ1n) is 4.16. The second-order valence-electron chi connectivity index (χ2n) is 2.92. The van der Waals surface area contributed by atoms with E-state index in [-0.39, 0.29) is 22.3 Å². The molecule has 1 rings (SSSR count). The Morgan fingerprint density at radius 3 is 2.80 bits per heavy atom. The molecule has 0 spiro atoms. The number of carbonyl (C=O) groups excluding carboxylic acids is 1. The van der Waals surface area contributed by atoms with Crippen LogP contribution in [0.15, 0.2) is 16.9 Å². The van der Waals surface area contributed by atoms with Crippen molar-refractivity contribution in [3.63, 3.8) is 0 Å². The fourth-order valence-corrected chi connectivity index (χ4v) is 0.885. The molecule has 1 aromatic rings. The molecule has 4 N–H and O–H groups in total. The van der Waals surface area contributed by atoms with E-state index in [9.17, 15) is 9.59 Å². The Hall–Kier alpha value is -1.76. The van der Waals surface area contributed by atoms with Gasteiger partial charge in [0.2, 0.25) is 5.91 Å². The van der Waals surface area contributed by atoms with Gasteiger partial charge in [-0.25, -0.2) is 5.10 Å². The minimum Gasteiger partial charge on any atom is -0.393 e. The molecule has 1 heterocycles. The second kappa shape index (κ2) is 4.65. The van der Waals surface area contributed by atoms with Gasteiger partial charge in [0.25, 0.3) is 5.56 Å². The van der Waals surface area contributed by atoms with Crippen LogP contribution in [0.2, 0.25) is 0 Å². The van der Waals surface area contributed by atoms with Gasteiger partial charge in [0.15, 0.2) is 5.82 Å². The summed E-state index contributed by atoms with van der Waals surface area (Å²) in [6, 6.07) is 2.65. The number of nitrogens with two attached hydrogens (primary N) is 1. The highest BCUT2D eigenvalue weighted by molar-refractivity contribution is 7.80. The predicted octanol–water partition coefficient (Wildman–Crippen LogP) is -0.369. The molecule has 0 aliphatic rings. The lowest BCUT2D eigenvalue weighted by Gasteiger charge is -2.08. The van der Waals surface area contributed by atoms with Crippen LogP contribution >= 0.6 is 12.2 Å². The number of nitrogens with zero attached hydrogens (tertiary/aromatic N) is 1. The first-order chi connectivity index (χ1) is 7.00. The predicted molar refractivity (Wildman–Crippen MR) is 59.4 cm³/mol. The van der Waals surface area contributed by atoms with Crippen LogP contribution in [0.25, 0.3) is 0 Å². The van der Waals surface area contributed by atoms with Crippen LogP contribution in [0.3, 0.4) is 0 Å². The van der Waals surface area contributed by atoms with E-state index < -0.39 is 5.92 Å². The summed E-state index contributed by atoms with van der Waals surface area (Å²) in [6.07, 6.45) is 0. The first-order valence-corrected chi connectivity index (χ1v) is 4.57. The van der Waals surface area contributed by atoms with Crippen molar-refractivity contribution < 1.29 is 4.79 Å². The van der Waals surface area contributed by atoms with E-state index in [4.69, 9.17) is 5.73 Å². The molecule has 15 heavy (non-hydrogen) atoms. The Labute approximate surface area is 90.9 Å². The Kier molecular flexibility index (Phi) is 3.51. The zero-order valence-corrected chi connectivity index (χ0v) is 8.80. The topological polar surface area (TPSA) is 101 Å². The summed E-state index contributed by atoms with van der Waals surface area (Å²) in [4.78, 5) is 22.2. The van der Waals surface area contributed by atoms with Gasteiger partial charge in [0.05, 0.1) is 10.9 Å². The molecule has 0 aliphatic carbocycles. The van der Waals surface area contributed by atoms with Crippen LogP contribution in [0.4, 0.5) is 5.82 Å². The fraction of sp³-hybridized carbons (Fsp3) is 0.250. The van der Waals surface area contributed by atoms with Gasteiger partial charge < -0.3 is 11.1 Å². The zero-order valence-electron chi connectivity index (χ0n) is 7.98. The van der Waals surface area contributed by atoms with E-state index in [2.05, 4.69) is 27.7 Å². The number of aromatic amines is 1. The molecule has 0 aliphatic heterocycles. The number of H-pyrrole nitrogens is 1. The van der Waals surface area contributed by atoms with Crippen molar-refractivity contribution in [2.24, 2.45) is 11.7 Å². The maximum atomic E-state index is 11.4. The molecule has 1 unspecified atom stereocenters. The van der Waals surface area contributed by atoms with Crippen LogP contribution in [0, 0.1) is 5.92 Å². The fourth-order valence-electron chi connectivity index (χ4n) is 0.778. The largest absolute Gasteiger partial charge is 0.393 e. The second-order valence-corrected chi connectivity index (χ2v) is 3.39. The molecule has 0 saturated heterocycles. The third-order valence-electron chi connectivity index (χ3n) is 1.75. The molecule has 1 aromatic heterocycles. The van der Waals surface area contributed by atoms with Gasteiger partial charge in [0.1, 0.15) is 0 Å². The maximum absolute atomic E-state index is 11.4. The summed E-state index contributed by atoms with van der Waals surface area (Å²) in [5.41, 5.74) is 4.97. The summed E-state index contributed by atoms with van der Waals surface area (Å²) in [7, 11) is 0. The van der Waals surface area contributed by atoms with Crippen LogP contribution in [0.5, 0.6) is 0 Å². The van der Waals surface area contributed by atoms with Gasteiger partial charge >= 0.3 is 0 Å². The lowest BCUT2D eigenvalue weighted by atomic mass is 10.2. The van der Waals surface area contributed by atoms with Gasteiger partial charge in [-0.3, -0.25) is 9.59 Å². The minimum atomic E-state index is -0.575. The number of nitrogens with one attached hydrogen (secondary N) is 2. The highest BCUT2D eigenvalue weighted by Gasteiger charge is 2.15. The maximum Gasteiger partial charge on any atom is 0.264 e. The van der Waals surface area contributed by atoms with Crippen molar-refractivity contribution in [3.8, 4) is 0 Å². The van der Waals surface area contributed by atoms with Crippen molar-refractivity contribution in [2.45, 2.75) is 6.92 Å². The molecule has 0 aromatic carbocycles. The smallest absolute Gasteiger partial charge is 0.264 e. The van der Waals surface area contributed by atoms with Crippen LogP contribution in [0.1, 0.15) is 6.92 Å². The van der Waals surface area contributed by atoms with Crippen molar-refractivity contribution in [3.05, 3.63) is 22.5 Å². The highest BCUT2D eigenvalue weighted by Crippen LogP contribution is 2.02. The van der Waals surface area contributed by atoms with E-state index in [1.165, 1.54) is 12.1 Å². The van der Waals surface area contributed by atoms with Crippen LogP contribution in [-0.2, 0) is 4.79 Å². The first kappa shape index (κ1) is 11.3. The Morgan fingerprint density at radius 1 is 1.67 bits per heavy atom. The Bertz CT molecular complexity index is 422. The lowest BCUT2D eigenvalue weighted by molar-refractivity contribution is -0.117. The molecule has 7 heteroatoms. The van der Waals surface area contributed by atoms with E-state index in [0.717, 1.165) is 0 Å². The zero-order chi connectivity index (χ0) is 11.4. The summed E-state index contributed by atoms with van der Waals surface area (Å²) in [5.74, 6) is -0.682. The number of amides is 1. The van der Waals surface area contributed by atoms with Crippen molar-refractivity contribution in [2.75, 3.05) is 5.32 Å². The van der Waals surface area contributed by atoms with Crippen molar-refractivity contribution in [1.82, 2.24) is 10.2 Å². The summed E-state index contributed by atoms with van der Waals surface area (Å²) < 4.78 is 0. The van der Waals surface area contributed by atoms with E-state index >= 15 is 0 Å². The lowest BCUT2D eigenvalue weighted by Crippen LogP contribution is -2.31. The standard InChI is InChI=1S/C8H10N4O2S/c1-4(7(9)15)8(14)10-5-2-3-6(13)12-11-5/h2-4H,1H3,(H2,9,15)(H,12,13)(H,10,11,14). The van der Waals surface area contributed by atoms with Crippen molar-refractivity contribution in [1.29, 1.82) is 0 Å². The van der Waals surface area contributed by atoms with Gasteiger partial charge in [-0.2, -0.15) is 5.10 Å². The quantitative estimate of drug-likeness (QED) is 0.610. The number of hydrogen-bond donors (Lipinski definition) is 3. The molecule has 0 radical (unpaired) electrons. The van der Waals surface area contributed by atoms with Gasteiger partial charge in [-0.15, -0.1) is 0 Å². The Morgan fingerprint density at radius 2 is 2.33 bits per heavy atom. The third-order valence-corrected chi connectivity index (χ3v) is 2.10. The molecule has 0 fully saturated rings. The molecular weight excluding hydrogens is 216 g/mol. The monoisotopic (exact) mass is 226 g/mol. The van der Waals surface area contributed by atoms with E-state index in [1.807, 2.05) is 0 Å². The summed E-state index contributed by atoms with van der Waals surface area (Å²) in [6.45, 7) is 1.59. The average molecular weight is 226 g/mol. The van der Waals surface area contributed by atoms with Crippen LogP contribution in [-0.4, -0.2) is 21.1 Å². The average Bonchev–Trinajstić information content (AvgIpc) is 2.20.